The van der Waals surface area contributed by atoms with E-state index in [1.54, 1.807) is 24.3 Å². The highest BCUT2D eigenvalue weighted by atomic mass is 16.5. The predicted octanol–water partition coefficient (Wildman–Crippen LogP) is 7.34. The molecule has 0 radical (unpaired) electrons. The Morgan fingerprint density at radius 1 is 0.833 bits per heavy atom. The lowest BCUT2D eigenvalue weighted by Crippen LogP contribution is -2.19. The number of phenols is 1. The number of hydrogen-bond acceptors (Lipinski definition) is 3. The van der Waals surface area contributed by atoms with Gasteiger partial charge < -0.3 is 20.5 Å². The van der Waals surface area contributed by atoms with Crippen LogP contribution in [0.1, 0.15) is 71.1 Å². The van der Waals surface area contributed by atoms with Gasteiger partial charge in [0.25, 0.3) is 0 Å². The zero-order chi connectivity index (χ0) is 21.4. The van der Waals surface area contributed by atoms with Crippen LogP contribution >= 0.6 is 0 Å². The largest absolute Gasteiger partial charge is 0.506 e. The van der Waals surface area contributed by atoms with Crippen molar-refractivity contribution in [2.75, 3.05) is 17.2 Å². The molecule has 2 aromatic carbocycles. The number of para-hydroxylation sites is 1. The molecular weight excluding hydrogens is 376 g/mol. The van der Waals surface area contributed by atoms with Crippen LogP contribution in [0.15, 0.2) is 48.5 Å². The lowest BCUT2D eigenvalue weighted by molar-refractivity contribution is 0.262. The van der Waals surface area contributed by atoms with E-state index < -0.39 is 6.03 Å². The van der Waals surface area contributed by atoms with Crippen LogP contribution in [-0.4, -0.2) is 17.7 Å². The third kappa shape index (κ3) is 9.68. The van der Waals surface area contributed by atoms with Crippen molar-refractivity contribution < 1.29 is 14.6 Å². The van der Waals surface area contributed by atoms with E-state index in [2.05, 4.69) is 17.6 Å². The van der Waals surface area contributed by atoms with E-state index in [-0.39, 0.29) is 5.75 Å². The first-order valence-electron chi connectivity index (χ1n) is 11.3. The number of unbranched alkanes of at least 4 members (excludes halogenated alkanes) is 9. The molecule has 0 aromatic heterocycles. The maximum absolute atomic E-state index is 12.1. The van der Waals surface area contributed by atoms with Crippen molar-refractivity contribution in [2.24, 2.45) is 0 Å². The minimum absolute atomic E-state index is 0.00417. The first-order chi connectivity index (χ1) is 14.7. The molecule has 2 rings (SSSR count). The predicted molar refractivity (Wildman–Crippen MR) is 125 cm³/mol. The summed E-state index contributed by atoms with van der Waals surface area (Å²) in [4.78, 5) is 12.1. The number of carbonyl (C=O) groups is 1. The molecule has 30 heavy (non-hydrogen) atoms. The number of rotatable bonds is 14. The van der Waals surface area contributed by atoms with Gasteiger partial charge in [0.05, 0.1) is 12.3 Å². The number of phenolic OH excluding ortho intramolecular Hbond substituents is 1. The number of aromatic hydroxyl groups is 1. The molecule has 2 amide bonds. The Kier molecular flexibility index (Phi) is 11.3. The third-order valence-electron chi connectivity index (χ3n) is 5.01. The highest BCUT2D eigenvalue weighted by molar-refractivity contribution is 6.00. The number of benzene rings is 2. The Hall–Kier alpha value is -2.69. The lowest BCUT2D eigenvalue weighted by atomic mass is 10.1. The molecule has 0 bridgehead atoms. The molecule has 0 aliphatic carbocycles. The average molecular weight is 413 g/mol. The van der Waals surface area contributed by atoms with Crippen LogP contribution in [0.5, 0.6) is 11.5 Å². The Morgan fingerprint density at radius 3 is 2.13 bits per heavy atom. The highest BCUT2D eigenvalue weighted by Crippen LogP contribution is 2.28. The smallest absolute Gasteiger partial charge is 0.323 e. The van der Waals surface area contributed by atoms with E-state index >= 15 is 0 Å². The topological polar surface area (TPSA) is 70.6 Å². The molecule has 0 fully saturated rings. The monoisotopic (exact) mass is 412 g/mol. The summed E-state index contributed by atoms with van der Waals surface area (Å²) in [5.74, 6) is 0.642. The molecule has 0 atom stereocenters. The molecule has 0 heterocycles. The first-order valence-corrected chi connectivity index (χ1v) is 11.3. The van der Waals surface area contributed by atoms with Crippen molar-refractivity contribution in [1.29, 1.82) is 0 Å². The Bertz CT molecular complexity index is 734. The highest BCUT2D eigenvalue weighted by Gasteiger charge is 2.08. The van der Waals surface area contributed by atoms with Crippen LogP contribution in [0.3, 0.4) is 0 Å². The number of ether oxygens (including phenoxy) is 1. The summed E-state index contributed by atoms with van der Waals surface area (Å²) in [5.41, 5.74) is 1.01. The number of amides is 2. The summed E-state index contributed by atoms with van der Waals surface area (Å²) in [6.07, 6.45) is 12.8. The summed E-state index contributed by atoms with van der Waals surface area (Å²) < 4.78 is 5.79. The number of carbonyl (C=O) groups excluding carboxylic acids is 1. The van der Waals surface area contributed by atoms with E-state index in [0.29, 0.717) is 23.7 Å². The van der Waals surface area contributed by atoms with Crippen molar-refractivity contribution in [3.05, 3.63) is 48.5 Å². The standard InChI is InChI=1S/C25H36N2O3/c1-2-3-4-5-6-7-8-9-10-14-19-30-22-17-18-24(28)23(20-22)27-25(29)26-21-15-12-11-13-16-21/h11-13,15-18,20,28H,2-10,14,19H2,1H3,(H2,26,27,29). The average Bonchev–Trinajstić information content (AvgIpc) is 2.75. The second-order valence-corrected chi connectivity index (χ2v) is 7.65. The van der Waals surface area contributed by atoms with Crippen LogP contribution in [0.2, 0.25) is 0 Å². The van der Waals surface area contributed by atoms with E-state index in [1.165, 1.54) is 57.4 Å². The Morgan fingerprint density at radius 2 is 1.47 bits per heavy atom. The third-order valence-corrected chi connectivity index (χ3v) is 5.01. The van der Waals surface area contributed by atoms with Gasteiger partial charge in [-0.25, -0.2) is 4.79 Å². The summed E-state index contributed by atoms with van der Waals surface area (Å²) in [7, 11) is 0. The van der Waals surface area contributed by atoms with Crippen molar-refractivity contribution >= 4 is 17.4 Å². The Balaban J connectivity index is 1.63. The van der Waals surface area contributed by atoms with Crippen LogP contribution in [0, 0.1) is 0 Å². The summed E-state index contributed by atoms with van der Waals surface area (Å²) in [6.45, 7) is 2.89. The van der Waals surface area contributed by atoms with E-state index in [1.807, 2.05) is 18.2 Å². The van der Waals surface area contributed by atoms with Gasteiger partial charge in [-0.3, -0.25) is 0 Å². The number of urea groups is 1. The van der Waals surface area contributed by atoms with Gasteiger partial charge in [-0.2, -0.15) is 0 Å². The molecule has 0 aliphatic rings. The molecule has 164 valence electrons. The molecule has 5 nitrogen and oxygen atoms in total. The lowest BCUT2D eigenvalue weighted by Gasteiger charge is -2.12. The Labute approximate surface area is 180 Å². The second-order valence-electron chi connectivity index (χ2n) is 7.65. The zero-order valence-corrected chi connectivity index (χ0v) is 18.2. The van der Waals surface area contributed by atoms with Gasteiger partial charge in [0.2, 0.25) is 0 Å². The maximum Gasteiger partial charge on any atom is 0.323 e. The van der Waals surface area contributed by atoms with Crippen molar-refractivity contribution in [1.82, 2.24) is 0 Å². The number of nitrogens with one attached hydrogen (secondary N) is 2. The van der Waals surface area contributed by atoms with Gasteiger partial charge in [-0.15, -0.1) is 0 Å². The first kappa shape index (κ1) is 23.6. The SMILES string of the molecule is CCCCCCCCCCCCOc1ccc(O)c(NC(=O)Nc2ccccc2)c1. The van der Waals surface area contributed by atoms with Gasteiger partial charge in [-0.05, 0) is 30.7 Å². The van der Waals surface area contributed by atoms with Crippen molar-refractivity contribution in [2.45, 2.75) is 71.1 Å². The van der Waals surface area contributed by atoms with E-state index in [4.69, 9.17) is 4.74 Å². The molecule has 0 aliphatic heterocycles. The molecule has 0 saturated heterocycles. The quantitative estimate of drug-likeness (QED) is 0.225. The number of anilines is 2. The molecule has 5 heteroatoms. The molecule has 0 unspecified atom stereocenters. The fourth-order valence-electron chi connectivity index (χ4n) is 3.29. The molecule has 0 spiro atoms. The van der Waals surface area contributed by atoms with Crippen LogP contribution in [-0.2, 0) is 0 Å². The summed E-state index contributed by atoms with van der Waals surface area (Å²) in [5, 5.41) is 15.4. The second kappa shape index (κ2) is 14.3. The van der Waals surface area contributed by atoms with Gasteiger partial charge in [0.15, 0.2) is 0 Å². The summed E-state index contributed by atoms with van der Waals surface area (Å²) in [6, 6.07) is 13.6. The van der Waals surface area contributed by atoms with Crippen LogP contribution < -0.4 is 15.4 Å². The van der Waals surface area contributed by atoms with Gasteiger partial charge in [0, 0.05) is 11.8 Å². The normalized spacial score (nSPS) is 10.6. The minimum atomic E-state index is -0.414. The minimum Gasteiger partial charge on any atom is -0.506 e. The van der Waals surface area contributed by atoms with Gasteiger partial charge in [-0.1, -0.05) is 82.9 Å². The number of hydrogen-bond donors (Lipinski definition) is 3. The fourth-order valence-corrected chi connectivity index (χ4v) is 3.29. The van der Waals surface area contributed by atoms with Crippen LogP contribution in [0.25, 0.3) is 0 Å². The van der Waals surface area contributed by atoms with Crippen molar-refractivity contribution in [3.8, 4) is 11.5 Å². The molecule has 0 saturated carbocycles. The van der Waals surface area contributed by atoms with Crippen LogP contribution in [0.4, 0.5) is 16.2 Å². The fraction of sp³-hybridized carbons (Fsp3) is 0.480. The molecular formula is C25H36N2O3. The van der Waals surface area contributed by atoms with Crippen molar-refractivity contribution in [3.63, 3.8) is 0 Å². The van der Waals surface area contributed by atoms with E-state index in [9.17, 15) is 9.90 Å². The zero-order valence-electron chi connectivity index (χ0n) is 18.2. The van der Waals surface area contributed by atoms with Gasteiger partial charge >= 0.3 is 6.03 Å². The van der Waals surface area contributed by atoms with E-state index in [0.717, 1.165) is 12.8 Å². The maximum atomic E-state index is 12.1. The molecule has 3 N–H and O–H groups in total. The molecule has 2 aromatic rings. The van der Waals surface area contributed by atoms with Gasteiger partial charge in [0.1, 0.15) is 11.5 Å². The summed E-state index contributed by atoms with van der Waals surface area (Å²) >= 11 is 0.